The second kappa shape index (κ2) is 7.51. The molecule has 4 rings (SSSR count). The van der Waals surface area contributed by atoms with Gasteiger partial charge in [0.05, 0.1) is 0 Å². The molecule has 0 fully saturated rings. The molecule has 0 spiro atoms. The highest BCUT2D eigenvalue weighted by Crippen LogP contribution is 2.34. The van der Waals surface area contributed by atoms with Crippen LogP contribution < -0.4 is 5.32 Å². The van der Waals surface area contributed by atoms with E-state index in [2.05, 4.69) is 5.32 Å². The quantitative estimate of drug-likeness (QED) is 0.638. The Bertz CT molecular complexity index is 970. The van der Waals surface area contributed by atoms with Gasteiger partial charge in [-0.05, 0) is 41.5 Å². The Morgan fingerprint density at radius 1 is 0.963 bits per heavy atom. The fourth-order valence-corrected chi connectivity index (χ4v) is 3.45. The van der Waals surface area contributed by atoms with Gasteiger partial charge in [-0.25, -0.2) is 4.39 Å². The molecule has 136 valence electrons. The number of para-hydroxylation sites is 1. The van der Waals surface area contributed by atoms with Gasteiger partial charge in [-0.3, -0.25) is 10.3 Å². The zero-order chi connectivity index (χ0) is 18.8. The highest BCUT2D eigenvalue weighted by atomic mass is 35.5. The first-order valence-electron chi connectivity index (χ1n) is 8.72. The fraction of sp³-hybridized carbons (Fsp3) is 0.136. The number of aliphatic imine (C=N–C) groups is 1. The number of hydrogen-bond acceptors (Lipinski definition) is 3. The number of phenols is 1. The molecule has 1 heterocycles. The van der Waals surface area contributed by atoms with Crippen LogP contribution in [0.25, 0.3) is 0 Å². The monoisotopic (exact) mass is 380 g/mol. The smallest absolute Gasteiger partial charge is 0.126 e. The normalized spacial score (nSPS) is 19.6. The molecule has 3 nitrogen and oxygen atoms in total. The third-order valence-electron chi connectivity index (χ3n) is 4.72. The van der Waals surface area contributed by atoms with Gasteiger partial charge in [0.25, 0.3) is 0 Å². The zero-order valence-electron chi connectivity index (χ0n) is 14.4. The van der Waals surface area contributed by atoms with Crippen LogP contribution in [0.4, 0.5) is 4.39 Å². The summed E-state index contributed by atoms with van der Waals surface area (Å²) in [5.41, 5.74) is 3.57. The molecule has 0 aliphatic carbocycles. The maximum atomic E-state index is 13.3. The molecule has 5 heteroatoms. The van der Waals surface area contributed by atoms with Crippen molar-refractivity contribution < 1.29 is 9.50 Å². The molecule has 1 aliphatic rings. The standard InChI is InChI=1S/C22H18ClFN2O/c23-16-9-5-14(6-10-16)19-13-20(18-3-1-2-4-21(18)27)26-22(25-19)15-7-11-17(24)12-8-15/h1-12,20,22,26-27H,13H2. The van der Waals surface area contributed by atoms with Crippen LogP contribution >= 0.6 is 11.6 Å². The summed E-state index contributed by atoms with van der Waals surface area (Å²) in [5, 5.41) is 14.4. The molecular weight excluding hydrogens is 363 g/mol. The Labute approximate surface area is 162 Å². The van der Waals surface area contributed by atoms with Gasteiger partial charge in [-0.1, -0.05) is 54.1 Å². The van der Waals surface area contributed by atoms with E-state index < -0.39 is 0 Å². The minimum Gasteiger partial charge on any atom is -0.508 e. The van der Waals surface area contributed by atoms with E-state index in [1.54, 1.807) is 24.3 Å². The van der Waals surface area contributed by atoms with Gasteiger partial charge >= 0.3 is 0 Å². The second-order valence-electron chi connectivity index (χ2n) is 6.52. The van der Waals surface area contributed by atoms with E-state index in [4.69, 9.17) is 16.6 Å². The average Bonchev–Trinajstić information content (AvgIpc) is 2.69. The number of halogens is 2. The maximum Gasteiger partial charge on any atom is 0.126 e. The van der Waals surface area contributed by atoms with E-state index >= 15 is 0 Å². The summed E-state index contributed by atoms with van der Waals surface area (Å²) in [5.74, 6) is -0.0427. The lowest BCUT2D eigenvalue weighted by Crippen LogP contribution is -2.33. The number of nitrogens with one attached hydrogen (secondary N) is 1. The number of phenolic OH excluding ortho intramolecular Hbond substituents is 1. The number of benzene rings is 3. The van der Waals surface area contributed by atoms with Crippen molar-refractivity contribution in [1.29, 1.82) is 0 Å². The molecule has 0 saturated carbocycles. The van der Waals surface area contributed by atoms with Crippen LogP contribution in [0.15, 0.2) is 77.8 Å². The van der Waals surface area contributed by atoms with Crippen LogP contribution in [0.3, 0.4) is 0 Å². The summed E-state index contributed by atoms with van der Waals surface area (Å²) in [6, 6.07) is 21.0. The third kappa shape index (κ3) is 3.87. The lowest BCUT2D eigenvalue weighted by atomic mass is 9.93. The van der Waals surface area contributed by atoms with Crippen molar-refractivity contribution in [3.63, 3.8) is 0 Å². The van der Waals surface area contributed by atoms with Crippen molar-refractivity contribution in [2.45, 2.75) is 18.6 Å². The minimum absolute atomic E-state index is 0.121. The van der Waals surface area contributed by atoms with Gasteiger partial charge in [-0.2, -0.15) is 0 Å². The summed E-state index contributed by atoms with van der Waals surface area (Å²) in [6.45, 7) is 0. The lowest BCUT2D eigenvalue weighted by Gasteiger charge is -2.31. The number of hydrogen-bond donors (Lipinski definition) is 2. The first-order chi connectivity index (χ1) is 13.1. The molecule has 27 heavy (non-hydrogen) atoms. The van der Waals surface area contributed by atoms with Crippen LogP contribution in [0.1, 0.15) is 35.3 Å². The Morgan fingerprint density at radius 3 is 2.37 bits per heavy atom. The van der Waals surface area contributed by atoms with Gasteiger partial charge in [0.15, 0.2) is 0 Å². The van der Waals surface area contributed by atoms with Gasteiger partial charge in [0.1, 0.15) is 17.7 Å². The number of aromatic hydroxyl groups is 1. The molecule has 2 unspecified atom stereocenters. The summed E-state index contributed by atoms with van der Waals surface area (Å²) < 4.78 is 13.3. The van der Waals surface area contributed by atoms with E-state index in [0.29, 0.717) is 11.4 Å². The molecule has 3 aromatic rings. The molecule has 2 N–H and O–H groups in total. The lowest BCUT2D eigenvalue weighted by molar-refractivity contribution is 0.412. The minimum atomic E-state index is -0.338. The van der Waals surface area contributed by atoms with Crippen LogP contribution in [0.5, 0.6) is 5.75 Å². The second-order valence-corrected chi connectivity index (χ2v) is 6.96. The maximum absolute atomic E-state index is 13.3. The van der Waals surface area contributed by atoms with Crippen LogP contribution in [0.2, 0.25) is 5.02 Å². The van der Waals surface area contributed by atoms with E-state index in [1.807, 2.05) is 36.4 Å². The predicted octanol–water partition coefficient (Wildman–Crippen LogP) is 5.41. The fourth-order valence-electron chi connectivity index (χ4n) is 3.32. The Morgan fingerprint density at radius 2 is 1.67 bits per heavy atom. The van der Waals surface area contributed by atoms with E-state index in [-0.39, 0.29) is 23.8 Å². The van der Waals surface area contributed by atoms with Gasteiger partial charge in [0.2, 0.25) is 0 Å². The summed E-state index contributed by atoms with van der Waals surface area (Å²) >= 11 is 6.01. The van der Waals surface area contributed by atoms with Crippen LogP contribution in [0, 0.1) is 5.82 Å². The van der Waals surface area contributed by atoms with Crippen molar-refractivity contribution in [2.75, 3.05) is 0 Å². The van der Waals surface area contributed by atoms with Crippen molar-refractivity contribution in [1.82, 2.24) is 5.32 Å². The highest BCUT2D eigenvalue weighted by molar-refractivity contribution is 6.30. The molecule has 1 aliphatic heterocycles. The van der Waals surface area contributed by atoms with Crippen molar-refractivity contribution >= 4 is 17.3 Å². The Hall–Kier alpha value is -2.69. The molecule has 0 radical (unpaired) electrons. The predicted molar refractivity (Wildman–Crippen MR) is 106 cm³/mol. The summed E-state index contributed by atoms with van der Waals surface area (Å²) in [6.07, 6.45) is 0.284. The Balaban J connectivity index is 1.75. The first kappa shape index (κ1) is 17.7. The third-order valence-corrected chi connectivity index (χ3v) is 4.97. The topological polar surface area (TPSA) is 44.6 Å². The van der Waals surface area contributed by atoms with E-state index in [9.17, 15) is 9.50 Å². The van der Waals surface area contributed by atoms with Gasteiger partial charge in [-0.15, -0.1) is 0 Å². The van der Waals surface area contributed by atoms with Crippen LogP contribution in [-0.2, 0) is 0 Å². The van der Waals surface area contributed by atoms with E-state index in [1.165, 1.54) is 12.1 Å². The Kier molecular flexibility index (Phi) is 4.92. The molecule has 2 atom stereocenters. The zero-order valence-corrected chi connectivity index (χ0v) is 15.2. The average molecular weight is 381 g/mol. The first-order valence-corrected chi connectivity index (χ1v) is 9.10. The molecule has 0 aromatic heterocycles. The van der Waals surface area contributed by atoms with Crippen molar-refractivity contribution in [2.24, 2.45) is 4.99 Å². The van der Waals surface area contributed by atoms with Crippen LogP contribution in [-0.4, -0.2) is 10.8 Å². The van der Waals surface area contributed by atoms with Crippen molar-refractivity contribution in [3.05, 3.63) is 100 Å². The molecular formula is C22H18ClFN2O. The SMILES string of the molecule is Oc1ccccc1C1CC(c2ccc(Cl)cc2)=NC(c2ccc(F)cc2)N1. The van der Waals surface area contributed by atoms with Gasteiger partial charge < -0.3 is 5.11 Å². The summed E-state index contributed by atoms with van der Waals surface area (Å²) in [7, 11) is 0. The molecule has 3 aromatic carbocycles. The molecule has 0 saturated heterocycles. The summed E-state index contributed by atoms with van der Waals surface area (Å²) in [4.78, 5) is 4.85. The van der Waals surface area contributed by atoms with Crippen molar-refractivity contribution in [3.8, 4) is 5.75 Å². The number of rotatable bonds is 3. The number of nitrogens with zero attached hydrogens (tertiary/aromatic N) is 1. The highest BCUT2D eigenvalue weighted by Gasteiger charge is 2.27. The largest absolute Gasteiger partial charge is 0.508 e. The molecule has 0 amide bonds. The van der Waals surface area contributed by atoms with Gasteiger partial charge in [0, 0.05) is 28.8 Å². The molecule has 0 bridgehead atoms. The van der Waals surface area contributed by atoms with E-state index in [0.717, 1.165) is 22.4 Å².